The van der Waals surface area contributed by atoms with Crippen LogP contribution in [0.4, 0.5) is 0 Å². The summed E-state index contributed by atoms with van der Waals surface area (Å²) in [5.74, 6) is 0.498. The maximum absolute atomic E-state index is 11.9. The Bertz CT molecular complexity index is 237. The fourth-order valence-corrected chi connectivity index (χ4v) is 2.18. The van der Waals surface area contributed by atoms with Crippen molar-refractivity contribution in [1.29, 1.82) is 0 Å². The summed E-state index contributed by atoms with van der Waals surface area (Å²) in [6, 6.07) is 0.606. The highest BCUT2D eigenvalue weighted by Gasteiger charge is 2.19. The SMILES string of the molecule is CC(C)N(C)CCCCNC(=O)C1CCNCC1. The number of hydrogen-bond acceptors (Lipinski definition) is 3. The lowest BCUT2D eigenvalue weighted by molar-refractivity contribution is -0.125. The first kappa shape index (κ1) is 15.4. The molecule has 1 aliphatic heterocycles. The van der Waals surface area contributed by atoms with Gasteiger partial charge in [0, 0.05) is 18.5 Å². The lowest BCUT2D eigenvalue weighted by Crippen LogP contribution is -2.38. The van der Waals surface area contributed by atoms with E-state index in [4.69, 9.17) is 0 Å². The Balaban J connectivity index is 2.01. The van der Waals surface area contributed by atoms with Crippen LogP contribution < -0.4 is 10.6 Å². The molecule has 0 aromatic heterocycles. The molecule has 0 atom stereocenters. The van der Waals surface area contributed by atoms with Crippen molar-refractivity contribution in [2.75, 3.05) is 33.2 Å². The van der Waals surface area contributed by atoms with E-state index in [1.54, 1.807) is 0 Å². The Labute approximate surface area is 111 Å². The average Bonchev–Trinajstić information content (AvgIpc) is 2.38. The van der Waals surface area contributed by atoms with E-state index in [1.165, 1.54) is 0 Å². The van der Waals surface area contributed by atoms with Gasteiger partial charge in [-0.3, -0.25) is 4.79 Å². The van der Waals surface area contributed by atoms with E-state index in [0.29, 0.717) is 6.04 Å². The van der Waals surface area contributed by atoms with Gasteiger partial charge in [-0.05, 0) is 66.2 Å². The average molecular weight is 255 g/mol. The third-order valence-corrected chi connectivity index (χ3v) is 3.83. The first-order valence-electron chi connectivity index (χ1n) is 7.30. The molecule has 1 fully saturated rings. The zero-order valence-electron chi connectivity index (χ0n) is 12.2. The number of piperidine rings is 1. The quantitative estimate of drug-likeness (QED) is 0.672. The van der Waals surface area contributed by atoms with Crippen LogP contribution in [0.15, 0.2) is 0 Å². The highest BCUT2D eigenvalue weighted by Crippen LogP contribution is 2.11. The smallest absolute Gasteiger partial charge is 0.223 e. The molecule has 0 radical (unpaired) electrons. The molecule has 4 nitrogen and oxygen atoms in total. The highest BCUT2D eigenvalue weighted by atomic mass is 16.1. The predicted molar refractivity (Wildman–Crippen MR) is 75.6 cm³/mol. The highest BCUT2D eigenvalue weighted by molar-refractivity contribution is 5.78. The number of carbonyl (C=O) groups excluding carboxylic acids is 1. The van der Waals surface area contributed by atoms with Crippen LogP contribution in [0.1, 0.15) is 39.5 Å². The zero-order chi connectivity index (χ0) is 13.4. The van der Waals surface area contributed by atoms with Crippen LogP contribution in [0.25, 0.3) is 0 Å². The summed E-state index contributed by atoms with van der Waals surface area (Å²) in [6.45, 7) is 8.32. The minimum absolute atomic E-state index is 0.240. The first-order chi connectivity index (χ1) is 8.61. The summed E-state index contributed by atoms with van der Waals surface area (Å²) >= 11 is 0. The second-order valence-corrected chi connectivity index (χ2v) is 5.60. The number of amides is 1. The molecule has 18 heavy (non-hydrogen) atoms. The van der Waals surface area contributed by atoms with Crippen LogP contribution in [0, 0.1) is 5.92 Å². The second-order valence-electron chi connectivity index (χ2n) is 5.60. The van der Waals surface area contributed by atoms with Gasteiger partial charge in [-0.2, -0.15) is 0 Å². The molecule has 106 valence electrons. The molecule has 1 heterocycles. The van der Waals surface area contributed by atoms with Crippen LogP contribution in [-0.4, -0.2) is 50.1 Å². The standard InChI is InChI=1S/C14H29N3O/c1-12(2)17(3)11-5-4-8-16-14(18)13-6-9-15-10-7-13/h12-13,15H,4-11H2,1-3H3,(H,16,18). The Morgan fingerprint density at radius 1 is 1.33 bits per heavy atom. The number of hydrogen-bond donors (Lipinski definition) is 2. The van der Waals surface area contributed by atoms with E-state index < -0.39 is 0 Å². The van der Waals surface area contributed by atoms with Gasteiger partial charge in [-0.15, -0.1) is 0 Å². The van der Waals surface area contributed by atoms with Gasteiger partial charge in [0.05, 0.1) is 0 Å². The predicted octanol–water partition coefficient (Wildman–Crippen LogP) is 1.22. The molecule has 0 bridgehead atoms. The fraction of sp³-hybridized carbons (Fsp3) is 0.929. The van der Waals surface area contributed by atoms with Gasteiger partial charge in [0.15, 0.2) is 0 Å². The maximum atomic E-state index is 11.9. The lowest BCUT2D eigenvalue weighted by Gasteiger charge is -2.22. The van der Waals surface area contributed by atoms with Crippen molar-refractivity contribution in [3.05, 3.63) is 0 Å². The van der Waals surface area contributed by atoms with E-state index in [9.17, 15) is 4.79 Å². The maximum Gasteiger partial charge on any atom is 0.223 e. The van der Waals surface area contributed by atoms with E-state index >= 15 is 0 Å². The van der Waals surface area contributed by atoms with Crippen LogP contribution >= 0.6 is 0 Å². The summed E-state index contributed by atoms with van der Waals surface area (Å²) in [5, 5.41) is 6.35. The molecule has 1 amide bonds. The molecule has 0 saturated carbocycles. The van der Waals surface area contributed by atoms with E-state index in [1.807, 2.05) is 0 Å². The summed E-state index contributed by atoms with van der Waals surface area (Å²) < 4.78 is 0. The molecule has 0 aromatic carbocycles. The Kier molecular flexibility index (Phi) is 7.28. The molecular formula is C14H29N3O. The van der Waals surface area contributed by atoms with Crippen LogP contribution in [0.5, 0.6) is 0 Å². The number of carbonyl (C=O) groups is 1. The molecule has 4 heteroatoms. The van der Waals surface area contributed by atoms with E-state index in [0.717, 1.165) is 51.9 Å². The van der Waals surface area contributed by atoms with Gasteiger partial charge in [0.1, 0.15) is 0 Å². The minimum atomic E-state index is 0.240. The number of unbranched alkanes of at least 4 members (excludes halogenated alkanes) is 1. The Morgan fingerprint density at radius 2 is 2.00 bits per heavy atom. The van der Waals surface area contributed by atoms with E-state index in [2.05, 4.69) is 36.4 Å². The van der Waals surface area contributed by atoms with Crippen molar-refractivity contribution in [3.63, 3.8) is 0 Å². The Morgan fingerprint density at radius 3 is 2.61 bits per heavy atom. The molecule has 0 unspecified atom stereocenters. The third kappa shape index (κ3) is 5.83. The van der Waals surface area contributed by atoms with Gasteiger partial charge in [-0.1, -0.05) is 0 Å². The molecule has 1 saturated heterocycles. The second kappa shape index (κ2) is 8.48. The van der Waals surface area contributed by atoms with Crippen molar-refractivity contribution in [2.45, 2.75) is 45.6 Å². The molecule has 0 aliphatic carbocycles. The summed E-state index contributed by atoms with van der Waals surface area (Å²) in [4.78, 5) is 14.2. The topological polar surface area (TPSA) is 44.4 Å². The van der Waals surface area contributed by atoms with Crippen molar-refractivity contribution in [2.24, 2.45) is 5.92 Å². The van der Waals surface area contributed by atoms with Crippen molar-refractivity contribution in [1.82, 2.24) is 15.5 Å². The van der Waals surface area contributed by atoms with Crippen LogP contribution in [0.3, 0.4) is 0 Å². The fourth-order valence-electron chi connectivity index (χ4n) is 2.18. The molecule has 1 aliphatic rings. The lowest BCUT2D eigenvalue weighted by atomic mass is 9.97. The third-order valence-electron chi connectivity index (χ3n) is 3.83. The summed E-state index contributed by atoms with van der Waals surface area (Å²) in [5.41, 5.74) is 0. The van der Waals surface area contributed by atoms with E-state index in [-0.39, 0.29) is 11.8 Å². The molecular weight excluding hydrogens is 226 g/mol. The van der Waals surface area contributed by atoms with Crippen molar-refractivity contribution in [3.8, 4) is 0 Å². The van der Waals surface area contributed by atoms with Crippen LogP contribution in [0.2, 0.25) is 0 Å². The van der Waals surface area contributed by atoms with Gasteiger partial charge in [-0.25, -0.2) is 0 Å². The normalized spacial score (nSPS) is 17.4. The first-order valence-corrected chi connectivity index (χ1v) is 7.30. The Hall–Kier alpha value is -0.610. The van der Waals surface area contributed by atoms with Crippen LogP contribution in [-0.2, 0) is 4.79 Å². The molecule has 0 aromatic rings. The largest absolute Gasteiger partial charge is 0.356 e. The van der Waals surface area contributed by atoms with Gasteiger partial charge in [0.2, 0.25) is 5.91 Å². The number of nitrogens with zero attached hydrogens (tertiary/aromatic N) is 1. The van der Waals surface area contributed by atoms with Gasteiger partial charge < -0.3 is 15.5 Å². The summed E-state index contributed by atoms with van der Waals surface area (Å²) in [6.07, 6.45) is 4.21. The van der Waals surface area contributed by atoms with Gasteiger partial charge >= 0.3 is 0 Å². The van der Waals surface area contributed by atoms with Gasteiger partial charge in [0.25, 0.3) is 0 Å². The number of nitrogens with one attached hydrogen (secondary N) is 2. The minimum Gasteiger partial charge on any atom is -0.356 e. The summed E-state index contributed by atoms with van der Waals surface area (Å²) in [7, 11) is 2.15. The number of rotatable bonds is 7. The zero-order valence-corrected chi connectivity index (χ0v) is 12.2. The molecule has 0 spiro atoms. The molecule has 1 rings (SSSR count). The van der Waals surface area contributed by atoms with Crippen molar-refractivity contribution >= 4 is 5.91 Å². The molecule has 2 N–H and O–H groups in total. The monoisotopic (exact) mass is 255 g/mol. The van der Waals surface area contributed by atoms with Crippen molar-refractivity contribution < 1.29 is 4.79 Å².